The van der Waals surface area contributed by atoms with Gasteiger partial charge < -0.3 is 20.1 Å². The van der Waals surface area contributed by atoms with Crippen LogP contribution in [0.3, 0.4) is 0 Å². The Kier molecular flexibility index (Phi) is 7.40. The third-order valence-corrected chi connectivity index (χ3v) is 7.51. The van der Waals surface area contributed by atoms with E-state index in [0.717, 1.165) is 22.3 Å². The fourth-order valence-electron chi connectivity index (χ4n) is 4.94. The zero-order valence-electron chi connectivity index (χ0n) is 20.3. The minimum Gasteiger partial charge on any atom is -0.480 e. The molecule has 0 saturated carbocycles. The van der Waals surface area contributed by atoms with Gasteiger partial charge in [-0.25, -0.2) is 9.59 Å². The van der Waals surface area contributed by atoms with Gasteiger partial charge >= 0.3 is 12.1 Å². The van der Waals surface area contributed by atoms with Gasteiger partial charge in [-0.3, -0.25) is 4.79 Å². The Balaban J connectivity index is 1.39. The quantitative estimate of drug-likeness (QED) is 0.583. The molecule has 7 nitrogen and oxygen atoms in total. The maximum absolute atomic E-state index is 13.2. The van der Waals surface area contributed by atoms with Crippen LogP contribution in [-0.4, -0.2) is 58.8 Å². The number of nitrogens with zero attached hydrogens (tertiary/aromatic N) is 1. The molecule has 2 amide bonds. The third kappa shape index (κ3) is 5.64. The van der Waals surface area contributed by atoms with E-state index in [9.17, 15) is 19.5 Å². The number of benzene rings is 2. The fraction of sp³-hybridized carbons (Fsp3) is 0.444. The number of carboxylic acid groups (broad SMARTS) is 1. The van der Waals surface area contributed by atoms with Gasteiger partial charge in [0.2, 0.25) is 5.91 Å². The molecule has 1 aliphatic heterocycles. The molecular weight excluding hydrogens is 464 g/mol. The summed E-state index contributed by atoms with van der Waals surface area (Å²) in [5.74, 6) is -1.09. The first-order valence-corrected chi connectivity index (χ1v) is 13.0. The van der Waals surface area contributed by atoms with E-state index in [1.165, 1.54) is 16.7 Å². The molecule has 0 spiro atoms. The number of aliphatic carboxylic acids is 1. The normalized spacial score (nSPS) is 18.0. The number of rotatable bonds is 7. The van der Waals surface area contributed by atoms with E-state index in [0.29, 0.717) is 18.1 Å². The molecule has 1 heterocycles. The smallest absolute Gasteiger partial charge is 0.407 e. The summed E-state index contributed by atoms with van der Waals surface area (Å²) in [6.45, 7) is 6.36. The number of nitrogens with one attached hydrogen (secondary N) is 1. The molecule has 2 atom stereocenters. The summed E-state index contributed by atoms with van der Waals surface area (Å²) < 4.78 is 5.61. The number of carbonyl (C=O) groups excluding carboxylic acids is 2. The molecule has 186 valence electrons. The fourth-order valence-corrected chi connectivity index (χ4v) is 6.10. The summed E-state index contributed by atoms with van der Waals surface area (Å²) >= 11 is 1.43. The van der Waals surface area contributed by atoms with Gasteiger partial charge in [0.25, 0.3) is 0 Å². The van der Waals surface area contributed by atoms with Crippen molar-refractivity contribution in [3.8, 4) is 11.1 Å². The number of carbonyl (C=O) groups is 3. The zero-order valence-corrected chi connectivity index (χ0v) is 21.1. The van der Waals surface area contributed by atoms with Crippen LogP contribution in [0.15, 0.2) is 48.5 Å². The second kappa shape index (κ2) is 10.3. The summed E-state index contributed by atoms with van der Waals surface area (Å²) in [5, 5.41) is 12.2. The lowest BCUT2D eigenvalue weighted by atomic mass is 9.84. The highest BCUT2D eigenvalue weighted by atomic mass is 32.2. The average molecular weight is 497 g/mol. The summed E-state index contributed by atoms with van der Waals surface area (Å²) in [7, 11) is 0. The number of fused-ring (bicyclic) bond motifs is 3. The number of hydrogen-bond donors (Lipinski definition) is 2. The lowest BCUT2D eigenvalue weighted by Crippen LogP contribution is -2.48. The lowest BCUT2D eigenvalue weighted by Gasteiger charge is -2.30. The summed E-state index contributed by atoms with van der Waals surface area (Å²) in [6, 6.07) is 15.4. The van der Waals surface area contributed by atoms with E-state index < -0.39 is 24.0 Å². The van der Waals surface area contributed by atoms with Crippen LogP contribution in [0.1, 0.15) is 44.2 Å². The molecule has 1 aliphatic carbocycles. The Hall–Kier alpha value is -3.00. The minimum absolute atomic E-state index is 0.0434. The molecule has 8 heteroatoms. The van der Waals surface area contributed by atoms with Crippen molar-refractivity contribution in [3.05, 3.63) is 59.7 Å². The molecule has 2 N–H and O–H groups in total. The predicted octanol–water partition coefficient (Wildman–Crippen LogP) is 4.56. The molecule has 0 radical (unpaired) electrons. The van der Waals surface area contributed by atoms with Gasteiger partial charge in [-0.05, 0) is 34.1 Å². The van der Waals surface area contributed by atoms with Gasteiger partial charge in [0.1, 0.15) is 12.6 Å². The van der Waals surface area contributed by atoms with Crippen molar-refractivity contribution in [1.29, 1.82) is 0 Å². The van der Waals surface area contributed by atoms with Crippen molar-refractivity contribution in [2.45, 2.75) is 39.2 Å². The van der Waals surface area contributed by atoms with Crippen LogP contribution in [0.25, 0.3) is 11.1 Å². The Bertz CT molecular complexity index is 1070. The molecule has 2 aliphatic rings. The van der Waals surface area contributed by atoms with Crippen LogP contribution in [0.5, 0.6) is 0 Å². The molecule has 2 unspecified atom stereocenters. The van der Waals surface area contributed by atoms with E-state index >= 15 is 0 Å². The van der Waals surface area contributed by atoms with Crippen molar-refractivity contribution in [2.24, 2.45) is 11.3 Å². The largest absolute Gasteiger partial charge is 0.480 e. The standard InChI is InChI=1S/C27H32N2O5S/c1-27(2,3)12-17(24(30)29-16-35-15-23(29)25(31)32)13-28-26(33)34-14-22-20-10-6-4-8-18(20)19-9-5-7-11-21(19)22/h4-11,17,22-23H,12-16H2,1-3H3,(H,28,33)(H,31,32). The number of carboxylic acids is 1. The van der Waals surface area contributed by atoms with E-state index in [2.05, 4.69) is 29.6 Å². The first kappa shape index (κ1) is 25.1. The van der Waals surface area contributed by atoms with E-state index in [-0.39, 0.29) is 30.4 Å². The van der Waals surface area contributed by atoms with Crippen LogP contribution in [0.2, 0.25) is 0 Å². The van der Waals surface area contributed by atoms with Crippen LogP contribution in [0.4, 0.5) is 4.79 Å². The second-order valence-electron chi connectivity index (χ2n) is 10.3. The predicted molar refractivity (Wildman–Crippen MR) is 136 cm³/mol. The molecule has 1 fully saturated rings. The van der Waals surface area contributed by atoms with Gasteiger partial charge in [-0.2, -0.15) is 0 Å². The SMILES string of the molecule is CC(C)(C)CC(CNC(=O)OCC1c2ccccc2-c2ccccc21)C(=O)N1CSCC1C(=O)O. The van der Waals surface area contributed by atoms with E-state index in [4.69, 9.17) is 4.74 Å². The monoisotopic (exact) mass is 496 g/mol. The van der Waals surface area contributed by atoms with Crippen molar-refractivity contribution in [1.82, 2.24) is 10.2 Å². The van der Waals surface area contributed by atoms with E-state index in [1.54, 1.807) is 0 Å². The van der Waals surface area contributed by atoms with Crippen LogP contribution >= 0.6 is 11.8 Å². The van der Waals surface area contributed by atoms with Crippen LogP contribution < -0.4 is 5.32 Å². The number of alkyl carbamates (subject to hydrolysis) is 1. The van der Waals surface area contributed by atoms with Crippen LogP contribution in [-0.2, 0) is 14.3 Å². The molecule has 2 aromatic carbocycles. The Labute approximate surface area is 210 Å². The van der Waals surface area contributed by atoms with Crippen molar-refractivity contribution in [2.75, 3.05) is 24.8 Å². The second-order valence-corrected chi connectivity index (χ2v) is 11.3. The highest BCUT2D eigenvalue weighted by Gasteiger charge is 2.39. The highest BCUT2D eigenvalue weighted by Crippen LogP contribution is 2.44. The summed E-state index contributed by atoms with van der Waals surface area (Å²) in [6.07, 6.45) is -0.0626. The molecule has 35 heavy (non-hydrogen) atoms. The molecular formula is C27H32N2O5S. The average Bonchev–Trinajstić information content (AvgIpc) is 3.43. The van der Waals surface area contributed by atoms with Crippen molar-refractivity contribution >= 4 is 29.7 Å². The summed E-state index contributed by atoms with van der Waals surface area (Å²) in [5.41, 5.74) is 4.41. The van der Waals surface area contributed by atoms with E-state index in [1.807, 2.05) is 45.0 Å². The van der Waals surface area contributed by atoms with Crippen LogP contribution in [0, 0.1) is 11.3 Å². The van der Waals surface area contributed by atoms with Gasteiger partial charge in [-0.15, -0.1) is 11.8 Å². The number of thioether (sulfide) groups is 1. The summed E-state index contributed by atoms with van der Waals surface area (Å²) in [4.78, 5) is 38.9. The highest BCUT2D eigenvalue weighted by molar-refractivity contribution is 7.99. The van der Waals surface area contributed by atoms with Gasteiger partial charge in [0, 0.05) is 18.2 Å². The third-order valence-electron chi connectivity index (χ3n) is 6.49. The first-order valence-electron chi connectivity index (χ1n) is 11.9. The van der Waals surface area contributed by atoms with Crippen molar-refractivity contribution in [3.63, 3.8) is 0 Å². The maximum atomic E-state index is 13.2. The maximum Gasteiger partial charge on any atom is 0.407 e. The molecule has 2 aromatic rings. The molecule has 4 rings (SSSR count). The number of ether oxygens (including phenoxy) is 1. The zero-order chi connectivity index (χ0) is 25.2. The Morgan fingerprint density at radius 3 is 2.26 bits per heavy atom. The van der Waals surface area contributed by atoms with Gasteiger partial charge in [-0.1, -0.05) is 69.3 Å². The van der Waals surface area contributed by atoms with Gasteiger partial charge in [0.05, 0.1) is 11.8 Å². The molecule has 0 bridgehead atoms. The van der Waals surface area contributed by atoms with Crippen molar-refractivity contribution < 1.29 is 24.2 Å². The Morgan fingerprint density at radius 1 is 1.09 bits per heavy atom. The molecule has 1 saturated heterocycles. The first-order chi connectivity index (χ1) is 16.7. The molecule has 0 aromatic heterocycles. The topological polar surface area (TPSA) is 95.9 Å². The number of hydrogen-bond acceptors (Lipinski definition) is 5. The lowest BCUT2D eigenvalue weighted by molar-refractivity contribution is -0.149. The number of amides is 2. The van der Waals surface area contributed by atoms with Gasteiger partial charge in [0.15, 0.2) is 0 Å². The minimum atomic E-state index is -0.998. The Morgan fingerprint density at radius 2 is 1.69 bits per heavy atom.